The van der Waals surface area contributed by atoms with Crippen LogP contribution >= 0.6 is 11.3 Å². The minimum absolute atomic E-state index is 0.100. The number of thiazole rings is 1. The van der Waals surface area contributed by atoms with Crippen LogP contribution in [0.15, 0.2) is 54.6 Å². The molecule has 0 bridgehead atoms. The molecule has 0 aliphatic rings. The van der Waals surface area contributed by atoms with E-state index in [4.69, 9.17) is 0 Å². The number of carbonyl (C=O) groups is 1. The maximum Gasteiger partial charge on any atom is 0.418 e. The van der Waals surface area contributed by atoms with E-state index in [0.717, 1.165) is 17.4 Å². The Hall–Kier alpha value is -3.07. The second-order valence-corrected chi connectivity index (χ2v) is 6.93. The molecule has 0 fully saturated rings. The van der Waals surface area contributed by atoms with Gasteiger partial charge >= 0.3 is 6.18 Å². The molecule has 0 unspecified atom stereocenters. The van der Waals surface area contributed by atoms with E-state index < -0.39 is 11.7 Å². The summed E-state index contributed by atoms with van der Waals surface area (Å²) in [6, 6.07) is 13.9. The van der Waals surface area contributed by atoms with Crippen molar-refractivity contribution in [1.29, 1.82) is 0 Å². The third kappa shape index (κ3) is 5.01. The predicted molar refractivity (Wildman–Crippen MR) is 102 cm³/mol. The summed E-state index contributed by atoms with van der Waals surface area (Å²) in [5.74, 6) is -0.541. The van der Waals surface area contributed by atoms with Crippen LogP contribution in [0.2, 0.25) is 0 Å². The highest BCUT2D eigenvalue weighted by Crippen LogP contribution is 2.37. The van der Waals surface area contributed by atoms with Gasteiger partial charge in [0.1, 0.15) is 0 Å². The average Bonchev–Trinajstić information content (AvgIpc) is 2.99. The molecule has 0 spiro atoms. The predicted octanol–water partition coefficient (Wildman–Crippen LogP) is 5.18. The van der Waals surface area contributed by atoms with Crippen LogP contribution in [0.3, 0.4) is 0 Å². The van der Waals surface area contributed by atoms with Gasteiger partial charge in [-0.2, -0.15) is 18.2 Å². The zero-order valence-corrected chi connectivity index (χ0v) is 15.3. The quantitative estimate of drug-likeness (QED) is 0.526. The minimum atomic E-state index is -4.51. The van der Waals surface area contributed by atoms with Crippen molar-refractivity contribution < 1.29 is 23.1 Å². The molecule has 0 atom stereocenters. The molecule has 3 N–H and O–H groups in total. The monoisotopic (exact) mass is 407 g/mol. The molecular formula is C19H16F3N3O2S. The average molecular weight is 407 g/mol. The van der Waals surface area contributed by atoms with Crippen LogP contribution < -0.4 is 10.6 Å². The second kappa shape index (κ2) is 8.30. The van der Waals surface area contributed by atoms with Gasteiger partial charge in [-0.25, -0.2) is 0 Å². The van der Waals surface area contributed by atoms with E-state index >= 15 is 0 Å². The van der Waals surface area contributed by atoms with E-state index in [-0.39, 0.29) is 35.4 Å². The highest BCUT2D eigenvalue weighted by Gasteiger charge is 2.33. The Morgan fingerprint density at radius 3 is 2.46 bits per heavy atom. The highest BCUT2D eigenvalue weighted by molar-refractivity contribution is 7.15. The number of amides is 1. The lowest BCUT2D eigenvalue weighted by Gasteiger charge is -2.12. The largest absolute Gasteiger partial charge is 0.492 e. The number of halogens is 3. The van der Waals surface area contributed by atoms with Crippen LogP contribution in [0.5, 0.6) is 5.88 Å². The van der Waals surface area contributed by atoms with E-state index in [1.54, 1.807) is 24.3 Å². The molecule has 0 saturated carbocycles. The van der Waals surface area contributed by atoms with Crippen molar-refractivity contribution in [3.05, 3.63) is 65.0 Å². The number of benzene rings is 2. The molecule has 146 valence electrons. The molecule has 3 aromatic rings. The summed E-state index contributed by atoms with van der Waals surface area (Å²) < 4.78 is 39.2. The molecule has 5 nitrogen and oxygen atoms in total. The zero-order valence-electron chi connectivity index (χ0n) is 14.5. The van der Waals surface area contributed by atoms with E-state index in [0.29, 0.717) is 10.6 Å². The number of carbonyl (C=O) groups excluding carboxylic acids is 1. The molecule has 1 amide bonds. The molecule has 0 aliphatic heterocycles. The summed E-state index contributed by atoms with van der Waals surface area (Å²) in [4.78, 5) is 16.3. The van der Waals surface area contributed by atoms with Gasteiger partial charge in [-0.1, -0.05) is 41.7 Å². The normalized spacial score (nSPS) is 11.2. The summed E-state index contributed by atoms with van der Waals surface area (Å²) in [7, 11) is 0. The van der Waals surface area contributed by atoms with Crippen LogP contribution in [-0.2, 0) is 17.4 Å². The fourth-order valence-electron chi connectivity index (χ4n) is 2.49. The smallest absolute Gasteiger partial charge is 0.418 e. The summed E-state index contributed by atoms with van der Waals surface area (Å²) >= 11 is 1.00. The van der Waals surface area contributed by atoms with Crippen molar-refractivity contribution in [1.82, 2.24) is 4.98 Å². The van der Waals surface area contributed by atoms with Gasteiger partial charge in [0.05, 0.1) is 16.1 Å². The molecule has 0 aliphatic carbocycles. The summed E-state index contributed by atoms with van der Waals surface area (Å²) in [6.07, 6.45) is -4.20. The van der Waals surface area contributed by atoms with Gasteiger partial charge in [-0.3, -0.25) is 4.79 Å². The fraction of sp³-hybridized carbons (Fsp3) is 0.158. The first-order valence-corrected chi connectivity index (χ1v) is 9.11. The zero-order chi connectivity index (χ0) is 20.1. The number of nitrogens with zero attached hydrogens (tertiary/aromatic N) is 1. The van der Waals surface area contributed by atoms with E-state index in [1.165, 1.54) is 18.2 Å². The third-order valence-corrected chi connectivity index (χ3v) is 4.81. The molecule has 2 aromatic carbocycles. The van der Waals surface area contributed by atoms with Gasteiger partial charge < -0.3 is 15.7 Å². The van der Waals surface area contributed by atoms with Gasteiger partial charge in [-0.05, 0) is 30.7 Å². The lowest BCUT2D eigenvalue weighted by atomic mass is 10.2. The van der Waals surface area contributed by atoms with Gasteiger partial charge in [-0.15, -0.1) is 0 Å². The number of rotatable bonds is 6. The molecule has 0 radical (unpaired) electrons. The van der Waals surface area contributed by atoms with Crippen molar-refractivity contribution in [2.45, 2.75) is 19.0 Å². The van der Waals surface area contributed by atoms with Gasteiger partial charge in [0.2, 0.25) is 11.8 Å². The first kappa shape index (κ1) is 19.7. The SMILES string of the molecule is O=C(CCc1sc(Nc2ccccc2C(F)(F)F)nc1O)Nc1ccccc1. The minimum Gasteiger partial charge on any atom is -0.492 e. The maximum absolute atomic E-state index is 13.1. The summed E-state index contributed by atoms with van der Waals surface area (Å²) in [5, 5.41) is 15.4. The Bertz CT molecular complexity index is 959. The van der Waals surface area contributed by atoms with Crippen LogP contribution in [0.1, 0.15) is 16.9 Å². The number of nitrogens with one attached hydrogen (secondary N) is 2. The van der Waals surface area contributed by atoms with Crippen molar-refractivity contribution in [3.63, 3.8) is 0 Å². The van der Waals surface area contributed by atoms with Crippen molar-refractivity contribution in [2.75, 3.05) is 10.6 Å². The van der Waals surface area contributed by atoms with E-state index in [2.05, 4.69) is 15.6 Å². The lowest BCUT2D eigenvalue weighted by Crippen LogP contribution is -2.11. The Morgan fingerprint density at radius 2 is 1.75 bits per heavy atom. The number of anilines is 3. The molecule has 0 saturated heterocycles. The van der Waals surface area contributed by atoms with Crippen LogP contribution in [0, 0.1) is 0 Å². The van der Waals surface area contributed by atoms with Crippen molar-refractivity contribution in [2.24, 2.45) is 0 Å². The molecular weight excluding hydrogens is 391 g/mol. The standard InChI is InChI=1S/C19H16F3N3O2S/c20-19(21,22)13-8-4-5-9-14(13)24-18-25-17(27)15(28-18)10-11-16(26)23-12-6-2-1-3-7-12/h1-9,27H,10-11H2,(H,23,26)(H,24,25). The number of hydrogen-bond acceptors (Lipinski definition) is 5. The molecule has 3 rings (SSSR count). The number of aromatic hydroxyl groups is 1. The van der Waals surface area contributed by atoms with Crippen molar-refractivity contribution in [3.8, 4) is 5.88 Å². The van der Waals surface area contributed by atoms with Crippen molar-refractivity contribution >= 4 is 33.8 Å². The fourth-order valence-corrected chi connectivity index (χ4v) is 3.35. The van der Waals surface area contributed by atoms with Crippen LogP contribution in [0.4, 0.5) is 29.7 Å². The number of para-hydroxylation sites is 2. The topological polar surface area (TPSA) is 74.2 Å². The number of hydrogen-bond donors (Lipinski definition) is 3. The van der Waals surface area contributed by atoms with Crippen LogP contribution in [-0.4, -0.2) is 16.0 Å². The molecule has 1 aromatic heterocycles. The maximum atomic E-state index is 13.1. The van der Waals surface area contributed by atoms with Gasteiger partial charge in [0.15, 0.2) is 5.13 Å². The van der Waals surface area contributed by atoms with E-state index in [9.17, 15) is 23.1 Å². The summed E-state index contributed by atoms with van der Waals surface area (Å²) in [5.41, 5.74) is -0.322. The van der Waals surface area contributed by atoms with Crippen LogP contribution in [0.25, 0.3) is 0 Å². The Morgan fingerprint density at radius 1 is 1.07 bits per heavy atom. The number of alkyl halides is 3. The number of aryl methyl sites for hydroxylation is 1. The lowest BCUT2D eigenvalue weighted by molar-refractivity contribution is -0.136. The third-order valence-electron chi connectivity index (χ3n) is 3.79. The molecule has 1 heterocycles. The summed E-state index contributed by atoms with van der Waals surface area (Å²) in [6.45, 7) is 0. The number of aromatic nitrogens is 1. The molecule has 9 heteroatoms. The van der Waals surface area contributed by atoms with E-state index in [1.807, 2.05) is 6.07 Å². The Labute approximate surface area is 162 Å². The Kier molecular flexibility index (Phi) is 5.84. The second-order valence-electron chi connectivity index (χ2n) is 5.85. The Balaban J connectivity index is 1.65. The first-order chi connectivity index (χ1) is 13.3. The van der Waals surface area contributed by atoms with Gasteiger partial charge in [0.25, 0.3) is 0 Å². The first-order valence-electron chi connectivity index (χ1n) is 8.30. The highest BCUT2D eigenvalue weighted by atomic mass is 32.1. The molecule has 28 heavy (non-hydrogen) atoms. The van der Waals surface area contributed by atoms with Gasteiger partial charge in [0, 0.05) is 12.1 Å².